The Kier molecular flexibility index (Phi) is 5.04. The number of carbonyl (C=O) groups is 1. The number of aliphatic hydroxyl groups excluding tert-OH is 1. The molecule has 0 spiro atoms. The summed E-state index contributed by atoms with van der Waals surface area (Å²) in [6.07, 6.45) is 1.38. The maximum atomic E-state index is 12.8. The van der Waals surface area contributed by atoms with E-state index < -0.39 is 0 Å². The molecule has 5 nitrogen and oxygen atoms in total. The molecular formula is C18H25ClN2O3. The summed E-state index contributed by atoms with van der Waals surface area (Å²) in [7, 11) is 5.57. The van der Waals surface area contributed by atoms with E-state index in [0.29, 0.717) is 34.7 Å². The third kappa shape index (κ3) is 3.39. The number of likely N-dealkylation sites (tertiary alicyclic amines) is 1. The van der Waals surface area contributed by atoms with Crippen molar-refractivity contribution in [2.75, 3.05) is 34.3 Å². The van der Waals surface area contributed by atoms with E-state index in [1.165, 1.54) is 0 Å². The number of fused-ring (bicyclic) bond motifs is 1. The van der Waals surface area contributed by atoms with Gasteiger partial charge in [-0.15, -0.1) is 0 Å². The van der Waals surface area contributed by atoms with Crippen LogP contribution in [-0.4, -0.2) is 67.3 Å². The van der Waals surface area contributed by atoms with Crippen LogP contribution in [0.25, 0.3) is 0 Å². The largest absolute Gasteiger partial charge is 0.497 e. The first-order chi connectivity index (χ1) is 11.4. The summed E-state index contributed by atoms with van der Waals surface area (Å²) in [6, 6.07) is 5.28. The molecule has 1 aromatic rings. The molecule has 3 rings (SSSR count). The normalized spacial score (nSPS) is 29.7. The van der Waals surface area contributed by atoms with Gasteiger partial charge in [0.15, 0.2) is 0 Å². The number of hydrogen-bond donors (Lipinski definition) is 1. The predicted molar refractivity (Wildman–Crippen MR) is 93.6 cm³/mol. The van der Waals surface area contributed by atoms with Crippen LogP contribution < -0.4 is 4.74 Å². The quantitative estimate of drug-likeness (QED) is 0.905. The summed E-state index contributed by atoms with van der Waals surface area (Å²) in [6.45, 7) is 1.45. The molecule has 6 heteroatoms. The highest BCUT2D eigenvalue weighted by atomic mass is 35.5. The zero-order valence-electron chi connectivity index (χ0n) is 14.4. The first kappa shape index (κ1) is 17.5. The number of benzene rings is 1. The van der Waals surface area contributed by atoms with E-state index in [2.05, 4.69) is 4.90 Å². The van der Waals surface area contributed by atoms with Gasteiger partial charge in [-0.3, -0.25) is 4.79 Å². The van der Waals surface area contributed by atoms with Crippen LogP contribution in [0.15, 0.2) is 18.2 Å². The van der Waals surface area contributed by atoms with Crippen molar-refractivity contribution in [1.29, 1.82) is 0 Å². The summed E-state index contributed by atoms with van der Waals surface area (Å²) >= 11 is 6.09. The molecule has 0 bridgehead atoms. The third-order valence-electron chi connectivity index (χ3n) is 5.41. The van der Waals surface area contributed by atoms with Gasteiger partial charge in [0.05, 0.1) is 13.2 Å². The maximum Gasteiger partial charge on any atom is 0.254 e. The Labute approximate surface area is 148 Å². The van der Waals surface area contributed by atoms with Crippen LogP contribution in [-0.2, 0) is 0 Å². The number of amides is 1. The highest BCUT2D eigenvalue weighted by Crippen LogP contribution is 2.38. The molecule has 1 amide bonds. The Hall–Kier alpha value is -1.30. The molecule has 1 saturated heterocycles. The topological polar surface area (TPSA) is 53.0 Å². The maximum absolute atomic E-state index is 12.8. The van der Waals surface area contributed by atoms with E-state index >= 15 is 0 Å². The number of ether oxygens (including phenoxy) is 1. The highest BCUT2D eigenvalue weighted by molar-refractivity contribution is 6.31. The van der Waals surface area contributed by atoms with Gasteiger partial charge >= 0.3 is 0 Å². The molecule has 1 aromatic carbocycles. The minimum atomic E-state index is -0.317. The molecular weight excluding hydrogens is 328 g/mol. The fraction of sp³-hybridized carbons (Fsp3) is 0.611. The molecule has 1 N–H and O–H groups in total. The summed E-state index contributed by atoms with van der Waals surface area (Å²) in [4.78, 5) is 16.8. The van der Waals surface area contributed by atoms with Gasteiger partial charge < -0.3 is 19.6 Å². The van der Waals surface area contributed by atoms with Crippen molar-refractivity contribution in [3.63, 3.8) is 0 Å². The zero-order chi connectivity index (χ0) is 17.4. The van der Waals surface area contributed by atoms with Crippen LogP contribution in [0.1, 0.15) is 23.2 Å². The number of likely N-dealkylation sites (N-methyl/N-ethyl adjacent to an activating group) is 1. The van der Waals surface area contributed by atoms with E-state index in [9.17, 15) is 9.90 Å². The van der Waals surface area contributed by atoms with E-state index in [1.54, 1.807) is 25.3 Å². The summed E-state index contributed by atoms with van der Waals surface area (Å²) in [5, 5.41) is 10.9. The molecule has 0 radical (unpaired) electrons. The van der Waals surface area contributed by atoms with Crippen molar-refractivity contribution in [3.8, 4) is 5.75 Å². The number of methoxy groups -OCH3 is 1. The number of nitrogens with zero attached hydrogens (tertiary/aromatic N) is 2. The highest BCUT2D eigenvalue weighted by Gasteiger charge is 2.43. The molecule has 1 aliphatic heterocycles. The van der Waals surface area contributed by atoms with E-state index in [0.717, 1.165) is 19.4 Å². The summed E-state index contributed by atoms with van der Waals surface area (Å²) < 4.78 is 5.20. The van der Waals surface area contributed by atoms with Crippen LogP contribution in [0.5, 0.6) is 5.75 Å². The number of hydrogen-bond acceptors (Lipinski definition) is 4. The zero-order valence-corrected chi connectivity index (χ0v) is 15.2. The Morgan fingerprint density at radius 1 is 1.25 bits per heavy atom. The van der Waals surface area contributed by atoms with Crippen molar-refractivity contribution >= 4 is 17.5 Å². The number of halogens is 1. The Morgan fingerprint density at radius 3 is 2.54 bits per heavy atom. The van der Waals surface area contributed by atoms with E-state index in [1.807, 2.05) is 19.0 Å². The second-order valence-corrected chi connectivity index (χ2v) is 7.62. The van der Waals surface area contributed by atoms with Crippen LogP contribution in [0.3, 0.4) is 0 Å². The van der Waals surface area contributed by atoms with Gasteiger partial charge in [-0.1, -0.05) is 11.6 Å². The Balaban J connectivity index is 1.74. The minimum Gasteiger partial charge on any atom is -0.497 e. The third-order valence-corrected chi connectivity index (χ3v) is 5.63. The van der Waals surface area contributed by atoms with Crippen molar-refractivity contribution < 1.29 is 14.6 Å². The fourth-order valence-corrected chi connectivity index (χ4v) is 4.34. The van der Waals surface area contributed by atoms with Crippen LogP contribution >= 0.6 is 11.6 Å². The van der Waals surface area contributed by atoms with E-state index in [-0.39, 0.29) is 18.1 Å². The fourth-order valence-electron chi connectivity index (χ4n) is 4.11. The lowest BCUT2D eigenvalue weighted by molar-refractivity contribution is 0.00940. The average Bonchev–Trinajstić information content (AvgIpc) is 2.95. The smallest absolute Gasteiger partial charge is 0.254 e. The molecule has 1 saturated carbocycles. The first-order valence-electron chi connectivity index (χ1n) is 8.37. The second-order valence-electron chi connectivity index (χ2n) is 7.18. The van der Waals surface area contributed by atoms with Gasteiger partial charge in [-0.25, -0.2) is 0 Å². The molecule has 2 fully saturated rings. The van der Waals surface area contributed by atoms with Crippen molar-refractivity contribution in [2.24, 2.45) is 11.8 Å². The summed E-state index contributed by atoms with van der Waals surface area (Å²) in [5.41, 5.74) is 0.558. The average molecular weight is 353 g/mol. The van der Waals surface area contributed by atoms with Crippen LogP contribution in [0.4, 0.5) is 0 Å². The predicted octanol–water partition coefficient (Wildman–Crippen LogP) is 2.12. The Morgan fingerprint density at radius 2 is 1.92 bits per heavy atom. The molecule has 132 valence electrons. The van der Waals surface area contributed by atoms with Gasteiger partial charge in [0.2, 0.25) is 0 Å². The molecule has 24 heavy (non-hydrogen) atoms. The van der Waals surface area contributed by atoms with E-state index in [4.69, 9.17) is 16.3 Å². The Bertz CT molecular complexity index is 622. The number of aliphatic hydroxyl groups is 1. The molecule has 0 aromatic heterocycles. The monoisotopic (exact) mass is 352 g/mol. The van der Waals surface area contributed by atoms with Crippen molar-refractivity contribution in [3.05, 3.63) is 28.8 Å². The van der Waals surface area contributed by atoms with Gasteiger partial charge in [-0.2, -0.15) is 0 Å². The van der Waals surface area contributed by atoms with Gasteiger partial charge in [0.25, 0.3) is 5.91 Å². The van der Waals surface area contributed by atoms with Gasteiger partial charge in [0.1, 0.15) is 5.75 Å². The molecule has 2 aliphatic rings. The lowest BCUT2D eigenvalue weighted by Gasteiger charge is -2.38. The molecule has 0 unspecified atom stereocenters. The molecule has 1 aliphatic carbocycles. The van der Waals surface area contributed by atoms with Crippen LogP contribution in [0, 0.1) is 11.8 Å². The van der Waals surface area contributed by atoms with Gasteiger partial charge in [0, 0.05) is 29.7 Å². The first-order valence-corrected chi connectivity index (χ1v) is 8.75. The molecule has 1 heterocycles. The second kappa shape index (κ2) is 6.90. The summed E-state index contributed by atoms with van der Waals surface area (Å²) in [5.74, 6) is 1.40. The lowest BCUT2D eigenvalue weighted by Crippen LogP contribution is -2.46. The van der Waals surface area contributed by atoms with Crippen molar-refractivity contribution in [1.82, 2.24) is 9.80 Å². The van der Waals surface area contributed by atoms with Crippen molar-refractivity contribution in [2.45, 2.75) is 25.0 Å². The minimum absolute atomic E-state index is 0.0129. The number of rotatable bonds is 3. The van der Waals surface area contributed by atoms with Gasteiger partial charge in [-0.05, 0) is 57.0 Å². The lowest BCUT2D eigenvalue weighted by atomic mass is 9.77. The molecule has 4 atom stereocenters. The standard InChI is InChI=1S/C18H25ClN2O3/c1-20(2)16-6-12-9-21(10-13(12)7-17(16)22)18(23)11-4-14(19)8-15(5-11)24-3/h4-5,8,12-13,16-17,22H,6-7,9-10H2,1-3H3/t12-,13+,16-,17-/m1/s1. The SMILES string of the molecule is COc1cc(Cl)cc(C(=O)N2C[C@H]3C[C@@H](N(C)C)[C@H](O)C[C@H]3C2)c1. The number of carbonyl (C=O) groups excluding carboxylic acids is 1. The van der Waals surface area contributed by atoms with Crippen LogP contribution in [0.2, 0.25) is 5.02 Å².